The van der Waals surface area contributed by atoms with Gasteiger partial charge in [0.15, 0.2) is 0 Å². The predicted molar refractivity (Wildman–Crippen MR) is 64.6 cm³/mol. The lowest BCUT2D eigenvalue weighted by molar-refractivity contribution is -0.0648. The maximum atomic E-state index is 5.93. The molecule has 0 aromatic carbocycles. The van der Waals surface area contributed by atoms with Crippen LogP contribution < -0.4 is 0 Å². The Morgan fingerprint density at radius 3 is 2.13 bits per heavy atom. The van der Waals surface area contributed by atoms with Crippen molar-refractivity contribution in [1.82, 2.24) is 0 Å². The molecule has 1 rings (SSSR count). The highest BCUT2D eigenvalue weighted by Gasteiger charge is 2.28. The van der Waals surface area contributed by atoms with E-state index in [0.29, 0.717) is 5.92 Å². The molecule has 1 atom stereocenters. The van der Waals surface area contributed by atoms with Crippen LogP contribution >= 0.6 is 0 Å². The largest absolute Gasteiger partial charge is 0.360 e. The molecule has 0 N–H and O–H groups in total. The topological polar surface area (TPSA) is 9.23 Å². The SMILES string of the molecule is C#CC(OC(C)(C)C)C1CCC(C)CC1. The summed E-state index contributed by atoms with van der Waals surface area (Å²) in [4.78, 5) is 0. The maximum absolute atomic E-state index is 5.93. The molecule has 1 nitrogen and oxygen atoms in total. The van der Waals surface area contributed by atoms with Crippen LogP contribution in [0.15, 0.2) is 0 Å². The van der Waals surface area contributed by atoms with Crippen LogP contribution in [0.3, 0.4) is 0 Å². The van der Waals surface area contributed by atoms with Crippen LogP contribution in [0.2, 0.25) is 0 Å². The fourth-order valence-electron chi connectivity index (χ4n) is 2.24. The van der Waals surface area contributed by atoms with Crippen LogP contribution in [0.1, 0.15) is 53.4 Å². The Balaban J connectivity index is 2.49. The van der Waals surface area contributed by atoms with Crippen LogP contribution in [0, 0.1) is 24.2 Å². The first kappa shape index (κ1) is 12.6. The molecule has 0 radical (unpaired) electrons. The molecule has 0 bridgehead atoms. The van der Waals surface area contributed by atoms with Crippen LogP contribution in [0.25, 0.3) is 0 Å². The Morgan fingerprint density at radius 2 is 1.73 bits per heavy atom. The Bertz CT molecular complexity index is 223. The third-order valence-electron chi connectivity index (χ3n) is 3.13. The van der Waals surface area contributed by atoms with Crippen LogP contribution in [-0.4, -0.2) is 11.7 Å². The summed E-state index contributed by atoms with van der Waals surface area (Å²) in [5.74, 6) is 4.27. The minimum atomic E-state index is -0.125. The van der Waals surface area contributed by atoms with E-state index in [0.717, 1.165) is 5.92 Å². The molecule has 1 heteroatoms. The first-order valence-corrected chi connectivity index (χ1v) is 6.06. The summed E-state index contributed by atoms with van der Waals surface area (Å²) < 4.78 is 5.93. The highest BCUT2D eigenvalue weighted by atomic mass is 16.5. The van der Waals surface area contributed by atoms with Gasteiger partial charge in [0.25, 0.3) is 0 Å². The van der Waals surface area contributed by atoms with E-state index in [1.165, 1.54) is 25.7 Å². The van der Waals surface area contributed by atoms with Gasteiger partial charge in [-0.3, -0.25) is 0 Å². The second-order valence-corrected chi connectivity index (χ2v) is 5.84. The molecule has 1 aliphatic carbocycles. The standard InChI is InChI=1S/C14H24O/c1-6-13(15-14(3,4)5)12-9-7-11(2)8-10-12/h1,11-13H,7-10H2,2-5H3. The lowest BCUT2D eigenvalue weighted by Gasteiger charge is -2.33. The van der Waals surface area contributed by atoms with Crippen molar-refractivity contribution in [1.29, 1.82) is 0 Å². The van der Waals surface area contributed by atoms with Crippen molar-refractivity contribution in [2.75, 3.05) is 0 Å². The van der Waals surface area contributed by atoms with Gasteiger partial charge in [-0.15, -0.1) is 6.42 Å². The lowest BCUT2D eigenvalue weighted by Crippen LogP contribution is -2.33. The van der Waals surface area contributed by atoms with E-state index >= 15 is 0 Å². The van der Waals surface area contributed by atoms with E-state index in [-0.39, 0.29) is 11.7 Å². The van der Waals surface area contributed by atoms with Gasteiger partial charge in [-0.25, -0.2) is 0 Å². The lowest BCUT2D eigenvalue weighted by atomic mass is 9.80. The quantitative estimate of drug-likeness (QED) is 0.630. The smallest absolute Gasteiger partial charge is 0.121 e. The molecule has 1 aliphatic rings. The van der Waals surface area contributed by atoms with Crippen LogP contribution in [0.4, 0.5) is 0 Å². The van der Waals surface area contributed by atoms with E-state index in [1.807, 2.05) is 0 Å². The number of rotatable bonds is 2. The summed E-state index contributed by atoms with van der Waals surface area (Å²) >= 11 is 0. The Hall–Kier alpha value is -0.480. The van der Waals surface area contributed by atoms with Crippen molar-refractivity contribution in [2.45, 2.75) is 65.1 Å². The van der Waals surface area contributed by atoms with Crippen molar-refractivity contribution < 1.29 is 4.74 Å². The molecule has 0 amide bonds. The van der Waals surface area contributed by atoms with Crippen molar-refractivity contribution in [3.8, 4) is 12.3 Å². The summed E-state index contributed by atoms with van der Waals surface area (Å²) in [5, 5.41) is 0. The molecule has 0 aliphatic heterocycles. The predicted octanol–water partition coefficient (Wildman–Crippen LogP) is 3.63. The second kappa shape index (κ2) is 5.03. The number of hydrogen-bond acceptors (Lipinski definition) is 1. The summed E-state index contributed by atoms with van der Waals surface area (Å²) in [7, 11) is 0. The summed E-state index contributed by atoms with van der Waals surface area (Å²) in [6.45, 7) is 8.54. The highest BCUT2D eigenvalue weighted by molar-refractivity contribution is 5.00. The summed E-state index contributed by atoms with van der Waals surface area (Å²) in [6, 6.07) is 0. The monoisotopic (exact) mass is 208 g/mol. The van der Waals surface area contributed by atoms with Gasteiger partial charge in [-0.1, -0.05) is 25.7 Å². The number of terminal acetylenes is 1. The third kappa shape index (κ3) is 4.26. The van der Waals surface area contributed by atoms with E-state index in [9.17, 15) is 0 Å². The molecule has 1 unspecified atom stereocenters. The number of ether oxygens (including phenoxy) is 1. The summed E-state index contributed by atoms with van der Waals surface area (Å²) in [5.41, 5.74) is -0.125. The van der Waals surface area contributed by atoms with E-state index in [2.05, 4.69) is 33.6 Å². The van der Waals surface area contributed by atoms with Gasteiger partial charge in [0, 0.05) is 0 Å². The normalized spacial score (nSPS) is 29.5. The van der Waals surface area contributed by atoms with Crippen molar-refractivity contribution in [2.24, 2.45) is 11.8 Å². The van der Waals surface area contributed by atoms with Crippen LogP contribution in [0.5, 0.6) is 0 Å². The molecule has 0 spiro atoms. The Kier molecular flexibility index (Phi) is 4.22. The van der Waals surface area contributed by atoms with Gasteiger partial charge in [0.2, 0.25) is 0 Å². The molecule has 86 valence electrons. The zero-order valence-corrected chi connectivity index (χ0v) is 10.5. The first-order chi connectivity index (χ1) is 6.92. The van der Waals surface area contributed by atoms with E-state index < -0.39 is 0 Å². The molecule has 0 heterocycles. The first-order valence-electron chi connectivity index (χ1n) is 6.06. The van der Waals surface area contributed by atoms with Gasteiger partial charge < -0.3 is 4.74 Å². The average molecular weight is 208 g/mol. The molecule has 1 saturated carbocycles. The van der Waals surface area contributed by atoms with Crippen LogP contribution in [-0.2, 0) is 4.74 Å². The van der Waals surface area contributed by atoms with Gasteiger partial charge in [0.1, 0.15) is 6.10 Å². The van der Waals surface area contributed by atoms with Gasteiger partial charge in [0.05, 0.1) is 5.60 Å². The Labute approximate surface area is 94.6 Å². The molecule has 0 saturated heterocycles. The minimum Gasteiger partial charge on any atom is -0.360 e. The highest BCUT2D eigenvalue weighted by Crippen LogP contribution is 2.32. The van der Waals surface area contributed by atoms with Crippen molar-refractivity contribution in [3.63, 3.8) is 0 Å². The Morgan fingerprint density at radius 1 is 1.20 bits per heavy atom. The molecular formula is C14H24O. The molecule has 0 aromatic rings. The molecule has 15 heavy (non-hydrogen) atoms. The fourth-order valence-corrected chi connectivity index (χ4v) is 2.24. The maximum Gasteiger partial charge on any atom is 0.121 e. The zero-order valence-electron chi connectivity index (χ0n) is 10.5. The van der Waals surface area contributed by atoms with Crippen molar-refractivity contribution in [3.05, 3.63) is 0 Å². The average Bonchev–Trinajstić information content (AvgIpc) is 2.14. The van der Waals surface area contributed by atoms with Gasteiger partial charge >= 0.3 is 0 Å². The molecule has 0 aromatic heterocycles. The summed E-state index contributed by atoms with van der Waals surface area (Å²) in [6.07, 6.45) is 10.6. The fraction of sp³-hybridized carbons (Fsp3) is 0.857. The van der Waals surface area contributed by atoms with E-state index in [4.69, 9.17) is 11.2 Å². The van der Waals surface area contributed by atoms with Crippen molar-refractivity contribution >= 4 is 0 Å². The zero-order chi connectivity index (χ0) is 11.5. The third-order valence-corrected chi connectivity index (χ3v) is 3.13. The van der Waals surface area contributed by atoms with E-state index in [1.54, 1.807) is 0 Å². The van der Waals surface area contributed by atoms with Gasteiger partial charge in [-0.05, 0) is 45.4 Å². The van der Waals surface area contributed by atoms with Gasteiger partial charge in [-0.2, -0.15) is 0 Å². The second-order valence-electron chi connectivity index (χ2n) is 5.84. The number of hydrogen-bond donors (Lipinski definition) is 0. The molecular weight excluding hydrogens is 184 g/mol. The molecule has 1 fully saturated rings. The minimum absolute atomic E-state index is 0.0116.